The summed E-state index contributed by atoms with van der Waals surface area (Å²) in [6, 6.07) is 12.7. The largest absolute Gasteiger partial charge is 0.355 e. The zero-order valence-electron chi connectivity index (χ0n) is 12.5. The molecule has 5 nitrogen and oxygen atoms in total. The number of carbonyl (C=O) groups excluding carboxylic acids is 1. The quantitative estimate of drug-likeness (QED) is 0.802. The minimum atomic E-state index is -0.178. The zero-order chi connectivity index (χ0) is 15.8. The van der Waals surface area contributed by atoms with Gasteiger partial charge in [0, 0.05) is 24.1 Å². The molecule has 2 aromatic rings. The van der Waals surface area contributed by atoms with Gasteiger partial charge in [0.15, 0.2) is 0 Å². The molecule has 1 aromatic heterocycles. The van der Waals surface area contributed by atoms with Crippen LogP contribution in [0.25, 0.3) is 0 Å². The molecule has 0 atom stereocenters. The smallest absolute Gasteiger partial charge is 0.269 e. The topological polar surface area (TPSA) is 77.8 Å². The Kier molecular flexibility index (Phi) is 5.50. The fourth-order valence-corrected chi connectivity index (χ4v) is 1.93. The molecule has 1 heterocycles. The molecule has 0 spiro atoms. The van der Waals surface area contributed by atoms with E-state index in [4.69, 9.17) is 5.26 Å². The summed E-state index contributed by atoms with van der Waals surface area (Å²) >= 11 is 0. The van der Waals surface area contributed by atoms with E-state index in [1.165, 1.54) is 0 Å². The van der Waals surface area contributed by atoms with Gasteiger partial charge < -0.3 is 10.6 Å². The molecule has 0 saturated carbocycles. The van der Waals surface area contributed by atoms with Crippen LogP contribution in [0.15, 0.2) is 42.6 Å². The summed E-state index contributed by atoms with van der Waals surface area (Å²) in [5.41, 5.74) is 2.50. The number of pyridine rings is 1. The van der Waals surface area contributed by atoms with Gasteiger partial charge in [-0.2, -0.15) is 5.26 Å². The Bertz CT molecular complexity index is 691. The second-order valence-electron chi connectivity index (χ2n) is 4.86. The van der Waals surface area contributed by atoms with Crippen molar-refractivity contribution in [3.63, 3.8) is 0 Å². The van der Waals surface area contributed by atoms with Crippen molar-refractivity contribution in [3.8, 4) is 6.07 Å². The van der Waals surface area contributed by atoms with E-state index in [2.05, 4.69) is 28.6 Å². The standard InChI is InChI=1S/C17H18N4O/c1-2-3-8-20-17(22)16-11-15(7-9-19-16)21-14-6-4-5-13(10-14)12-18/h4-7,9-11H,2-3,8H2,1H3,(H,19,21)(H,20,22). The average Bonchev–Trinajstić information content (AvgIpc) is 2.55. The highest BCUT2D eigenvalue weighted by atomic mass is 16.1. The van der Waals surface area contributed by atoms with Crippen LogP contribution in [0, 0.1) is 11.3 Å². The first kappa shape index (κ1) is 15.5. The van der Waals surface area contributed by atoms with E-state index in [0.29, 0.717) is 17.8 Å². The number of rotatable bonds is 6. The second kappa shape index (κ2) is 7.79. The van der Waals surface area contributed by atoms with Gasteiger partial charge in [0.05, 0.1) is 11.6 Å². The Labute approximate surface area is 130 Å². The lowest BCUT2D eigenvalue weighted by molar-refractivity contribution is 0.0948. The first-order valence-electron chi connectivity index (χ1n) is 7.24. The maximum atomic E-state index is 12.0. The third-order valence-electron chi connectivity index (χ3n) is 3.09. The second-order valence-corrected chi connectivity index (χ2v) is 4.86. The summed E-state index contributed by atoms with van der Waals surface area (Å²) in [7, 11) is 0. The lowest BCUT2D eigenvalue weighted by Crippen LogP contribution is -2.25. The number of benzene rings is 1. The van der Waals surface area contributed by atoms with Crippen LogP contribution in [0.4, 0.5) is 11.4 Å². The first-order chi connectivity index (χ1) is 10.7. The van der Waals surface area contributed by atoms with E-state index in [-0.39, 0.29) is 5.91 Å². The highest BCUT2D eigenvalue weighted by Gasteiger charge is 2.07. The van der Waals surface area contributed by atoms with Crippen LogP contribution in [0.2, 0.25) is 0 Å². The summed E-state index contributed by atoms with van der Waals surface area (Å²) in [6.07, 6.45) is 3.57. The average molecular weight is 294 g/mol. The number of aromatic nitrogens is 1. The molecule has 0 aliphatic carbocycles. The van der Waals surface area contributed by atoms with Gasteiger partial charge in [-0.3, -0.25) is 9.78 Å². The van der Waals surface area contributed by atoms with E-state index < -0.39 is 0 Å². The lowest BCUT2D eigenvalue weighted by atomic mass is 10.2. The molecule has 0 aliphatic rings. The van der Waals surface area contributed by atoms with Crippen molar-refractivity contribution < 1.29 is 4.79 Å². The van der Waals surface area contributed by atoms with Crippen LogP contribution >= 0.6 is 0 Å². The Morgan fingerprint density at radius 1 is 1.27 bits per heavy atom. The number of nitrogens with zero attached hydrogens (tertiary/aromatic N) is 2. The highest BCUT2D eigenvalue weighted by Crippen LogP contribution is 2.17. The fraction of sp³-hybridized carbons (Fsp3) is 0.235. The third kappa shape index (κ3) is 4.32. The lowest BCUT2D eigenvalue weighted by Gasteiger charge is -2.08. The molecule has 0 saturated heterocycles. The van der Waals surface area contributed by atoms with Gasteiger partial charge in [-0.15, -0.1) is 0 Å². The Hall–Kier alpha value is -2.87. The van der Waals surface area contributed by atoms with Gasteiger partial charge in [0.1, 0.15) is 5.69 Å². The third-order valence-corrected chi connectivity index (χ3v) is 3.09. The molecule has 0 fully saturated rings. The van der Waals surface area contributed by atoms with Crippen LogP contribution in [0.1, 0.15) is 35.8 Å². The molecule has 5 heteroatoms. The van der Waals surface area contributed by atoms with E-state index >= 15 is 0 Å². The van der Waals surface area contributed by atoms with Crippen LogP contribution in [0.5, 0.6) is 0 Å². The van der Waals surface area contributed by atoms with E-state index in [1.54, 1.807) is 36.5 Å². The molecule has 22 heavy (non-hydrogen) atoms. The van der Waals surface area contributed by atoms with Crippen LogP contribution < -0.4 is 10.6 Å². The minimum Gasteiger partial charge on any atom is -0.355 e. The number of anilines is 2. The van der Waals surface area contributed by atoms with Crippen LogP contribution in [-0.4, -0.2) is 17.4 Å². The van der Waals surface area contributed by atoms with E-state index in [9.17, 15) is 4.79 Å². The fourth-order valence-electron chi connectivity index (χ4n) is 1.93. The molecule has 0 aliphatic heterocycles. The molecular weight excluding hydrogens is 276 g/mol. The maximum Gasteiger partial charge on any atom is 0.269 e. The number of nitrogens with one attached hydrogen (secondary N) is 2. The monoisotopic (exact) mass is 294 g/mol. The molecule has 2 rings (SSSR count). The van der Waals surface area contributed by atoms with E-state index in [0.717, 1.165) is 24.2 Å². The highest BCUT2D eigenvalue weighted by molar-refractivity contribution is 5.93. The summed E-state index contributed by atoms with van der Waals surface area (Å²) in [4.78, 5) is 16.1. The molecule has 0 unspecified atom stereocenters. The van der Waals surface area contributed by atoms with Crippen molar-refractivity contribution in [1.29, 1.82) is 5.26 Å². The SMILES string of the molecule is CCCCNC(=O)c1cc(Nc2cccc(C#N)c2)ccn1. The summed E-state index contributed by atoms with van der Waals surface area (Å²) < 4.78 is 0. The number of amides is 1. The Morgan fingerprint density at radius 3 is 2.86 bits per heavy atom. The number of hydrogen-bond acceptors (Lipinski definition) is 4. The molecule has 0 bridgehead atoms. The maximum absolute atomic E-state index is 12.0. The van der Waals surface area contributed by atoms with Crippen LogP contribution in [0.3, 0.4) is 0 Å². The van der Waals surface area contributed by atoms with E-state index in [1.807, 2.05) is 6.07 Å². The van der Waals surface area contributed by atoms with Crippen molar-refractivity contribution in [2.75, 3.05) is 11.9 Å². The van der Waals surface area contributed by atoms with Crippen molar-refractivity contribution in [3.05, 3.63) is 53.9 Å². The zero-order valence-corrected chi connectivity index (χ0v) is 12.5. The van der Waals surface area contributed by atoms with Crippen molar-refractivity contribution in [2.45, 2.75) is 19.8 Å². The number of unbranched alkanes of at least 4 members (excludes halogenated alkanes) is 1. The summed E-state index contributed by atoms with van der Waals surface area (Å²) in [6.45, 7) is 2.73. The van der Waals surface area contributed by atoms with Gasteiger partial charge in [-0.25, -0.2) is 0 Å². The van der Waals surface area contributed by atoms with Crippen LogP contribution in [-0.2, 0) is 0 Å². The van der Waals surface area contributed by atoms with Gasteiger partial charge in [-0.1, -0.05) is 19.4 Å². The van der Waals surface area contributed by atoms with Crippen molar-refractivity contribution >= 4 is 17.3 Å². The predicted molar refractivity (Wildman–Crippen MR) is 85.9 cm³/mol. The molecule has 112 valence electrons. The van der Waals surface area contributed by atoms with Crippen molar-refractivity contribution in [2.24, 2.45) is 0 Å². The van der Waals surface area contributed by atoms with Gasteiger partial charge in [-0.05, 0) is 36.8 Å². The Morgan fingerprint density at radius 2 is 2.09 bits per heavy atom. The molecule has 1 amide bonds. The number of carbonyl (C=O) groups is 1. The predicted octanol–water partition coefficient (Wildman–Crippen LogP) is 3.23. The minimum absolute atomic E-state index is 0.178. The summed E-state index contributed by atoms with van der Waals surface area (Å²) in [5, 5.41) is 14.9. The van der Waals surface area contributed by atoms with Gasteiger partial charge in [0.25, 0.3) is 5.91 Å². The normalized spacial score (nSPS) is 9.82. The molecule has 2 N–H and O–H groups in total. The number of nitriles is 1. The number of hydrogen-bond donors (Lipinski definition) is 2. The molecular formula is C17H18N4O. The molecule has 1 aromatic carbocycles. The van der Waals surface area contributed by atoms with Gasteiger partial charge in [0.2, 0.25) is 0 Å². The van der Waals surface area contributed by atoms with Crippen molar-refractivity contribution in [1.82, 2.24) is 10.3 Å². The molecule has 0 radical (unpaired) electrons. The van der Waals surface area contributed by atoms with Gasteiger partial charge >= 0.3 is 0 Å². The summed E-state index contributed by atoms with van der Waals surface area (Å²) in [5.74, 6) is -0.178. The first-order valence-corrected chi connectivity index (χ1v) is 7.24. The Balaban J connectivity index is 2.08.